The van der Waals surface area contributed by atoms with Crippen molar-refractivity contribution in [3.63, 3.8) is 0 Å². The van der Waals surface area contributed by atoms with Gasteiger partial charge in [0, 0.05) is 30.6 Å². The average molecular weight is 638 g/mol. The second-order valence-corrected chi connectivity index (χ2v) is 12.4. The van der Waals surface area contributed by atoms with Gasteiger partial charge >= 0.3 is 6.09 Å². The van der Waals surface area contributed by atoms with Crippen LogP contribution in [0.5, 0.6) is 5.75 Å². The molecule has 0 spiro atoms. The van der Waals surface area contributed by atoms with Gasteiger partial charge in [-0.25, -0.2) is 14.7 Å². The number of thiazole rings is 1. The van der Waals surface area contributed by atoms with Gasteiger partial charge < -0.3 is 19.1 Å². The van der Waals surface area contributed by atoms with Crippen molar-refractivity contribution in [1.29, 1.82) is 0 Å². The number of imide groups is 1. The minimum atomic E-state index is -0.620. The summed E-state index contributed by atoms with van der Waals surface area (Å²) in [7, 11) is 0. The molecule has 10 heteroatoms. The van der Waals surface area contributed by atoms with Gasteiger partial charge in [-0.05, 0) is 55.0 Å². The fourth-order valence-corrected chi connectivity index (χ4v) is 6.58. The number of rotatable bonds is 13. The van der Waals surface area contributed by atoms with Crippen molar-refractivity contribution in [3.8, 4) is 16.3 Å². The summed E-state index contributed by atoms with van der Waals surface area (Å²) >= 11 is 1.61. The van der Waals surface area contributed by atoms with E-state index in [1.165, 1.54) is 16.7 Å². The van der Waals surface area contributed by atoms with Gasteiger partial charge in [0.2, 0.25) is 5.91 Å². The highest BCUT2D eigenvalue weighted by Crippen LogP contribution is 2.32. The SMILES string of the molecule is Cc1nc(-c2ccc(CCCO)cc2)sc1COc1ccc([C@H](CC(=O)N2C(=O)OC[C@@H]2Cc2ccccc2)c2ccon2)cc1. The summed E-state index contributed by atoms with van der Waals surface area (Å²) in [5, 5.41) is 14.1. The maximum atomic E-state index is 13.6. The Kier molecular flexibility index (Phi) is 9.85. The van der Waals surface area contributed by atoms with Gasteiger partial charge in [0.15, 0.2) is 0 Å². The standard InChI is InChI=1S/C36H35N3O6S/c1-24-33(46-35(37-24)28-11-9-25(10-12-28)8-5-18-40)23-43-30-15-13-27(14-16-30)31(32-17-19-45-38-32)21-34(41)39-29(22-44-36(39)42)20-26-6-3-2-4-7-26/h2-4,6-7,9-17,19,29,31,40H,5,8,18,20-23H2,1H3/t29-,31-/m0/s1. The Morgan fingerprint density at radius 1 is 1.04 bits per heavy atom. The molecule has 0 saturated carbocycles. The summed E-state index contributed by atoms with van der Waals surface area (Å²) in [6, 6.07) is 27.0. The van der Waals surface area contributed by atoms with Crippen LogP contribution >= 0.6 is 11.3 Å². The smallest absolute Gasteiger partial charge is 0.416 e. The van der Waals surface area contributed by atoms with Gasteiger partial charge in [-0.2, -0.15) is 0 Å². The second-order valence-electron chi connectivity index (χ2n) is 11.3. The molecule has 5 aromatic rings. The Morgan fingerprint density at radius 2 is 1.83 bits per heavy atom. The Hall–Kier alpha value is -4.80. The molecule has 3 heterocycles. The maximum Gasteiger partial charge on any atom is 0.416 e. The number of carbonyl (C=O) groups excluding carboxylic acids is 2. The highest BCUT2D eigenvalue weighted by Gasteiger charge is 2.39. The molecule has 3 aromatic carbocycles. The van der Waals surface area contributed by atoms with Gasteiger partial charge in [0.05, 0.1) is 22.3 Å². The summed E-state index contributed by atoms with van der Waals surface area (Å²) in [6.07, 6.45) is 3.01. The third kappa shape index (κ3) is 7.35. The van der Waals surface area contributed by atoms with E-state index in [2.05, 4.69) is 29.4 Å². The molecule has 1 fully saturated rings. The van der Waals surface area contributed by atoms with Gasteiger partial charge in [-0.15, -0.1) is 11.3 Å². The highest BCUT2D eigenvalue weighted by atomic mass is 32.1. The van der Waals surface area contributed by atoms with E-state index in [0.29, 0.717) is 24.5 Å². The molecule has 46 heavy (non-hydrogen) atoms. The van der Waals surface area contributed by atoms with E-state index >= 15 is 0 Å². The first kappa shape index (κ1) is 31.2. The monoisotopic (exact) mass is 637 g/mol. The fourth-order valence-electron chi connectivity index (χ4n) is 5.60. The van der Waals surface area contributed by atoms with Gasteiger partial charge in [0.1, 0.15) is 30.2 Å². The summed E-state index contributed by atoms with van der Waals surface area (Å²) < 4.78 is 16.5. The lowest BCUT2D eigenvalue weighted by Crippen LogP contribution is -2.40. The number of nitrogens with zero attached hydrogens (tertiary/aromatic N) is 3. The Balaban J connectivity index is 1.11. The Morgan fingerprint density at radius 3 is 2.54 bits per heavy atom. The molecule has 0 bridgehead atoms. The van der Waals surface area contributed by atoms with E-state index in [4.69, 9.17) is 24.1 Å². The third-order valence-corrected chi connectivity index (χ3v) is 9.29. The van der Waals surface area contributed by atoms with Crippen molar-refractivity contribution in [2.24, 2.45) is 0 Å². The third-order valence-electron chi connectivity index (χ3n) is 8.11. The average Bonchev–Trinajstić information content (AvgIpc) is 3.83. The molecular weight excluding hydrogens is 602 g/mol. The van der Waals surface area contributed by atoms with E-state index in [-0.39, 0.29) is 31.6 Å². The van der Waals surface area contributed by atoms with Crippen molar-refractivity contribution < 1.29 is 28.7 Å². The van der Waals surface area contributed by atoms with E-state index in [0.717, 1.165) is 45.1 Å². The molecule has 1 aliphatic heterocycles. The van der Waals surface area contributed by atoms with Crippen LogP contribution in [0.25, 0.3) is 10.6 Å². The number of carbonyl (C=O) groups is 2. The number of benzene rings is 3. The molecule has 236 valence electrons. The lowest BCUT2D eigenvalue weighted by molar-refractivity contribution is -0.129. The molecule has 1 N–H and O–H groups in total. The van der Waals surface area contributed by atoms with Crippen molar-refractivity contribution in [2.45, 2.75) is 51.2 Å². The Labute approximate surface area is 271 Å². The van der Waals surface area contributed by atoms with E-state index in [1.54, 1.807) is 17.4 Å². The number of aliphatic hydroxyl groups excluding tert-OH is 1. The number of ether oxygens (including phenoxy) is 2. The molecule has 9 nitrogen and oxygen atoms in total. The minimum absolute atomic E-state index is 0.0262. The summed E-state index contributed by atoms with van der Waals surface area (Å²) in [5.41, 5.74) is 5.65. The zero-order valence-electron chi connectivity index (χ0n) is 25.5. The quantitative estimate of drug-likeness (QED) is 0.151. The summed E-state index contributed by atoms with van der Waals surface area (Å²) in [4.78, 5) is 33.3. The topological polar surface area (TPSA) is 115 Å². The van der Waals surface area contributed by atoms with E-state index in [9.17, 15) is 9.59 Å². The minimum Gasteiger partial charge on any atom is -0.488 e. The van der Waals surface area contributed by atoms with Gasteiger partial charge in [-0.3, -0.25) is 4.79 Å². The number of aliphatic hydroxyl groups is 1. The number of aryl methyl sites for hydroxylation is 2. The molecule has 0 unspecified atom stereocenters. The van der Waals surface area contributed by atoms with Crippen LogP contribution in [-0.2, 0) is 29.0 Å². The molecule has 6 rings (SSSR count). The number of amides is 2. The number of hydrogen-bond acceptors (Lipinski definition) is 9. The lowest BCUT2D eigenvalue weighted by Gasteiger charge is -2.22. The molecule has 2 atom stereocenters. The lowest BCUT2D eigenvalue weighted by atomic mass is 9.91. The van der Waals surface area contributed by atoms with Crippen LogP contribution < -0.4 is 4.74 Å². The van der Waals surface area contributed by atoms with E-state index in [1.807, 2.05) is 61.5 Å². The number of cyclic esters (lactones) is 1. The molecular formula is C36H35N3O6S. The molecule has 1 aliphatic rings. The molecule has 0 aliphatic carbocycles. The first-order valence-electron chi connectivity index (χ1n) is 15.3. The van der Waals surface area contributed by atoms with Crippen molar-refractivity contribution >= 4 is 23.3 Å². The fraction of sp³-hybridized carbons (Fsp3) is 0.278. The Bertz CT molecular complexity index is 1740. The maximum absolute atomic E-state index is 13.6. The predicted molar refractivity (Wildman–Crippen MR) is 174 cm³/mol. The molecule has 0 radical (unpaired) electrons. The van der Waals surface area contributed by atoms with Crippen molar-refractivity contribution in [2.75, 3.05) is 13.2 Å². The van der Waals surface area contributed by atoms with E-state index < -0.39 is 12.0 Å². The first-order valence-corrected chi connectivity index (χ1v) is 16.1. The van der Waals surface area contributed by atoms with Crippen LogP contribution in [0.1, 0.15) is 51.7 Å². The molecule has 2 aromatic heterocycles. The normalized spacial score (nSPS) is 15.1. The highest BCUT2D eigenvalue weighted by molar-refractivity contribution is 7.15. The number of aromatic nitrogens is 2. The van der Waals surface area contributed by atoms with Crippen LogP contribution in [-0.4, -0.2) is 51.4 Å². The predicted octanol–water partition coefficient (Wildman–Crippen LogP) is 6.72. The van der Waals surface area contributed by atoms with Crippen LogP contribution in [0.15, 0.2) is 95.7 Å². The van der Waals surface area contributed by atoms with Gasteiger partial charge in [0.25, 0.3) is 0 Å². The van der Waals surface area contributed by atoms with Gasteiger partial charge in [-0.1, -0.05) is 71.9 Å². The van der Waals surface area contributed by atoms with Crippen LogP contribution in [0.3, 0.4) is 0 Å². The summed E-state index contributed by atoms with van der Waals surface area (Å²) in [5.74, 6) is -0.0666. The molecule has 1 saturated heterocycles. The zero-order valence-corrected chi connectivity index (χ0v) is 26.3. The zero-order chi connectivity index (χ0) is 31.9. The number of hydrogen-bond donors (Lipinski definition) is 1. The summed E-state index contributed by atoms with van der Waals surface area (Å²) in [6.45, 7) is 2.71. The van der Waals surface area contributed by atoms with Crippen molar-refractivity contribution in [1.82, 2.24) is 15.0 Å². The van der Waals surface area contributed by atoms with Crippen LogP contribution in [0, 0.1) is 6.92 Å². The van der Waals surface area contributed by atoms with Crippen LogP contribution in [0.4, 0.5) is 4.79 Å². The second kappa shape index (κ2) is 14.5. The van der Waals surface area contributed by atoms with Crippen molar-refractivity contribution in [3.05, 3.63) is 124 Å². The van der Waals surface area contributed by atoms with Crippen LogP contribution in [0.2, 0.25) is 0 Å². The molecule has 2 amide bonds. The first-order chi connectivity index (χ1) is 22.5. The largest absolute Gasteiger partial charge is 0.488 e.